The predicted molar refractivity (Wildman–Crippen MR) is 157 cm³/mol. The van der Waals surface area contributed by atoms with E-state index >= 15 is 0 Å². The molecule has 224 valence electrons. The fraction of sp³-hybridized carbons (Fsp3) is 0.433. The first-order chi connectivity index (χ1) is 20.9. The summed E-state index contributed by atoms with van der Waals surface area (Å²) in [7, 11) is 2.80. The Labute approximate surface area is 249 Å². The average Bonchev–Trinajstić information content (AvgIpc) is 3.62. The second-order valence-corrected chi connectivity index (χ2v) is 10.9. The molecule has 1 amide bonds. The summed E-state index contributed by atoms with van der Waals surface area (Å²) in [5.41, 5.74) is 11.0. The summed E-state index contributed by atoms with van der Waals surface area (Å²) in [6.45, 7) is 0.784. The largest absolute Gasteiger partial charge is 0.469 e. The lowest BCUT2D eigenvalue weighted by Crippen LogP contribution is -2.31. The van der Waals surface area contributed by atoms with Gasteiger partial charge in [-0.15, -0.1) is 5.10 Å². The highest BCUT2D eigenvalue weighted by atomic mass is 16.5. The van der Waals surface area contributed by atoms with Crippen LogP contribution in [0.4, 0.5) is 10.5 Å². The fourth-order valence-electron chi connectivity index (χ4n) is 5.23. The molecule has 0 aromatic carbocycles. The maximum Gasteiger partial charge on any atom is 0.406 e. The Bertz CT molecular complexity index is 1630. The molecule has 13 nitrogen and oxygen atoms in total. The summed E-state index contributed by atoms with van der Waals surface area (Å²) >= 11 is 0. The lowest BCUT2D eigenvalue weighted by atomic mass is 9.77. The van der Waals surface area contributed by atoms with Crippen molar-refractivity contribution in [2.45, 2.75) is 51.0 Å². The maximum atomic E-state index is 11.3. The number of anilines is 1. The summed E-state index contributed by atoms with van der Waals surface area (Å²) < 4.78 is 12.7. The molecule has 4 aromatic heterocycles. The molecule has 13 heteroatoms. The second kappa shape index (κ2) is 13.3. The molecule has 0 radical (unpaired) electrons. The molecule has 0 bridgehead atoms. The van der Waals surface area contributed by atoms with Crippen LogP contribution in [0.1, 0.15) is 56.6 Å². The highest BCUT2D eigenvalue weighted by Crippen LogP contribution is 2.40. The van der Waals surface area contributed by atoms with Crippen LogP contribution in [0.15, 0.2) is 42.9 Å². The number of amides is 1. The molecule has 2 saturated carbocycles. The van der Waals surface area contributed by atoms with Gasteiger partial charge in [-0.05, 0) is 68.2 Å². The number of carbonyl (C=O) groups is 2. The number of ether oxygens (including phenoxy) is 2. The lowest BCUT2D eigenvalue weighted by molar-refractivity contribution is -0.141. The third kappa shape index (κ3) is 6.91. The van der Waals surface area contributed by atoms with Crippen LogP contribution in [-0.2, 0) is 14.3 Å². The molecule has 0 spiro atoms. The third-order valence-electron chi connectivity index (χ3n) is 8.13. The van der Waals surface area contributed by atoms with Crippen molar-refractivity contribution < 1.29 is 19.1 Å². The van der Waals surface area contributed by atoms with Crippen LogP contribution in [0.2, 0.25) is 0 Å². The molecule has 2 fully saturated rings. The number of alkyl carbamates (subject to hydrolysis) is 1. The van der Waals surface area contributed by atoms with Crippen molar-refractivity contribution in [3.05, 3.63) is 48.4 Å². The zero-order valence-corrected chi connectivity index (χ0v) is 24.3. The zero-order valence-electron chi connectivity index (χ0n) is 24.3. The van der Waals surface area contributed by atoms with Crippen LogP contribution in [0.5, 0.6) is 0 Å². The lowest BCUT2D eigenvalue weighted by Gasteiger charge is -2.34. The topological polar surface area (TPSA) is 175 Å². The Morgan fingerprint density at radius 1 is 1.12 bits per heavy atom. The first kappa shape index (κ1) is 29.5. The number of nitrogens with zero attached hydrogens (tertiary/aromatic N) is 7. The molecule has 6 rings (SSSR count). The van der Waals surface area contributed by atoms with Crippen molar-refractivity contribution in [2.75, 3.05) is 26.5 Å². The third-order valence-corrected chi connectivity index (χ3v) is 8.13. The smallest absolute Gasteiger partial charge is 0.406 e. The van der Waals surface area contributed by atoms with Gasteiger partial charge in [-0.2, -0.15) is 10.4 Å². The first-order valence-electron chi connectivity index (χ1n) is 14.3. The Kier molecular flexibility index (Phi) is 9.14. The van der Waals surface area contributed by atoms with Gasteiger partial charge in [0.25, 0.3) is 0 Å². The summed E-state index contributed by atoms with van der Waals surface area (Å²) in [6, 6.07) is 9.72. The van der Waals surface area contributed by atoms with Crippen molar-refractivity contribution in [1.82, 2.24) is 34.9 Å². The number of fused-ring (bicyclic) bond motifs is 1. The molecule has 3 N–H and O–H groups in total. The van der Waals surface area contributed by atoms with E-state index in [9.17, 15) is 9.59 Å². The summed E-state index contributed by atoms with van der Waals surface area (Å²) in [5.74, 6) is 1.05. The monoisotopic (exact) mass is 585 g/mol. The normalized spacial score (nSPS) is 17.5. The Hall–Kier alpha value is -4.99. The van der Waals surface area contributed by atoms with Gasteiger partial charge in [0.1, 0.15) is 11.8 Å². The first-order valence-corrected chi connectivity index (χ1v) is 14.3. The van der Waals surface area contributed by atoms with E-state index in [2.05, 4.69) is 36.5 Å². The number of hydrogen-bond donors (Lipinski definition) is 2. The second-order valence-electron chi connectivity index (χ2n) is 10.9. The van der Waals surface area contributed by atoms with Gasteiger partial charge in [0.05, 0.1) is 55.1 Å². The molecule has 0 atom stereocenters. The molecule has 4 aromatic rings. The van der Waals surface area contributed by atoms with Gasteiger partial charge in [-0.25, -0.2) is 14.0 Å². The van der Waals surface area contributed by atoms with Crippen molar-refractivity contribution in [1.29, 1.82) is 5.26 Å². The van der Waals surface area contributed by atoms with E-state index in [1.807, 2.05) is 23.0 Å². The van der Waals surface area contributed by atoms with Crippen LogP contribution in [0.3, 0.4) is 0 Å². The van der Waals surface area contributed by atoms with Gasteiger partial charge in [0.2, 0.25) is 0 Å². The number of esters is 1. The van der Waals surface area contributed by atoms with E-state index in [-0.39, 0.29) is 18.1 Å². The standard InChI is InChI=1S/C23H22N8O2.C7H13NO2/c1-33-23(32)5-2-14-6-17(7-14)30-13-21(28-29-30)18-12-26-20(9-19(18)25)22-4-3-16-8-15(10-24)11-27-31(16)22;1-10-7(9)8-5-6-3-2-4-6/h3-4,8-9,11-14,17H,2,5-7H2,1H3,(H2,25,26);6H,2-5H2,1H3,(H,8,9). The van der Waals surface area contributed by atoms with Gasteiger partial charge in [-0.1, -0.05) is 11.6 Å². The van der Waals surface area contributed by atoms with Crippen LogP contribution < -0.4 is 11.1 Å². The number of nitrogen functional groups attached to an aromatic ring is 1. The van der Waals surface area contributed by atoms with Crippen molar-refractivity contribution >= 4 is 23.3 Å². The Morgan fingerprint density at radius 2 is 1.93 bits per heavy atom. The Morgan fingerprint density at radius 3 is 2.60 bits per heavy atom. The van der Waals surface area contributed by atoms with E-state index in [0.29, 0.717) is 46.5 Å². The number of methoxy groups -OCH3 is 2. The number of nitrogens with two attached hydrogens (primary N) is 1. The molecular weight excluding hydrogens is 550 g/mol. The molecule has 0 saturated heterocycles. The molecule has 43 heavy (non-hydrogen) atoms. The number of pyridine rings is 1. The minimum atomic E-state index is -0.313. The van der Waals surface area contributed by atoms with E-state index in [1.165, 1.54) is 39.7 Å². The fourth-order valence-corrected chi connectivity index (χ4v) is 5.23. The summed E-state index contributed by atoms with van der Waals surface area (Å²) in [5, 5.41) is 24.6. The maximum absolute atomic E-state index is 11.3. The predicted octanol–water partition coefficient (Wildman–Crippen LogP) is 4.16. The number of nitrogens with one attached hydrogen (secondary N) is 1. The van der Waals surface area contributed by atoms with Gasteiger partial charge in [-0.3, -0.25) is 9.78 Å². The summed E-state index contributed by atoms with van der Waals surface area (Å²) in [4.78, 5) is 26.4. The van der Waals surface area contributed by atoms with E-state index in [1.54, 1.807) is 22.8 Å². The molecule has 2 aliphatic rings. The molecule has 0 unspecified atom stereocenters. The molecule has 0 aliphatic heterocycles. The van der Waals surface area contributed by atoms with Crippen molar-refractivity contribution in [2.24, 2.45) is 11.8 Å². The Balaban J connectivity index is 0.000000314. The minimum Gasteiger partial charge on any atom is -0.469 e. The van der Waals surface area contributed by atoms with Crippen molar-refractivity contribution in [3.63, 3.8) is 0 Å². The number of carbonyl (C=O) groups excluding carboxylic acids is 2. The van der Waals surface area contributed by atoms with Crippen LogP contribution in [0.25, 0.3) is 28.2 Å². The molecule has 2 aliphatic carbocycles. The van der Waals surface area contributed by atoms with Crippen LogP contribution in [-0.4, -0.2) is 62.4 Å². The molecular formula is C30H35N9O4. The average molecular weight is 586 g/mol. The number of hydrogen-bond acceptors (Lipinski definition) is 10. The molecule has 4 heterocycles. The number of rotatable bonds is 8. The highest BCUT2D eigenvalue weighted by molar-refractivity contribution is 5.77. The SMILES string of the molecule is COC(=O)CCC1CC(n2cc(-c3cnc(-c4ccc5cc(C#N)cnn45)cc3N)nn2)C1.COC(=O)NCC1CCC1. The quantitative estimate of drug-likeness (QED) is 0.286. The summed E-state index contributed by atoms with van der Waals surface area (Å²) in [6.07, 6.45) is 11.8. The van der Waals surface area contributed by atoms with E-state index in [4.69, 9.17) is 15.7 Å². The van der Waals surface area contributed by atoms with Gasteiger partial charge in [0.15, 0.2) is 0 Å². The van der Waals surface area contributed by atoms with Crippen molar-refractivity contribution in [3.8, 4) is 28.7 Å². The number of nitriles is 1. The van der Waals surface area contributed by atoms with E-state index in [0.717, 1.165) is 37.0 Å². The van der Waals surface area contributed by atoms with Crippen LogP contribution in [0, 0.1) is 23.2 Å². The number of aromatic nitrogens is 6. The highest BCUT2D eigenvalue weighted by Gasteiger charge is 2.31. The van der Waals surface area contributed by atoms with E-state index < -0.39 is 0 Å². The van der Waals surface area contributed by atoms with Gasteiger partial charge >= 0.3 is 12.1 Å². The minimum absolute atomic E-state index is 0.163. The van der Waals surface area contributed by atoms with Gasteiger partial charge < -0.3 is 20.5 Å². The van der Waals surface area contributed by atoms with Crippen LogP contribution >= 0.6 is 0 Å². The zero-order chi connectivity index (χ0) is 30.3. The van der Waals surface area contributed by atoms with Gasteiger partial charge in [0, 0.05) is 30.4 Å².